The first kappa shape index (κ1) is 13.1. The van der Waals surface area contributed by atoms with Gasteiger partial charge in [0.1, 0.15) is 0 Å². The minimum Gasteiger partial charge on any atom is -0.313 e. The number of rotatable bonds is 5. The van der Waals surface area contributed by atoms with Gasteiger partial charge in [0.15, 0.2) is 0 Å². The maximum absolute atomic E-state index is 6.21. The summed E-state index contributed by atoms with van der Waals surface area (Å²) in [5.74, 6) is 0. The van der Waals surface area contributed by atoms with Gasteiger partial charge in [-0.3, -0.25) is 4.98 Å². The van der Waals surface area contributed by atoms with E-state index in [0.29, 0.717) is 0 Å². The molecule has 2 nitrogen and oxygen atoms in total. The van der Waals surface area contributed by atoms with E-state index in [0.717, 1.165) is 41.2 Å². The van der Waals surface area contributed by atoms with Crippen LogP contribution in [0.4, 0.5) is 0 Å². The SMILES string of the molecule is CCCNCc1cc(-c2cccnc2)ccc1Cl. The summed E-state index contributed by atoms with van der Waals surface area (Å²) in [6, 6.07) is 10.1. The number of halogens is 1. The fraction of sp³-hybridized carbons (Fsp3) is 0.267. The molecule has 1 aromatic heterocycles. The zero-order valence-corrected chi connectivity index (χ0v) is 11.2. The van der Waals surface area contributed by atoms with Gasteiger partial charge in [-0.05, 0) is 47.9 Å². The molecular formula is C15H17ClN2. The molecule has 0 bridgehead atoms. The van der Waals surface area contributed by atoms with Gasteiger partial charge in [0.2, 0.25) is 0 Å². The molecule has 1 aromatic carbocycles. The average Bonchev–Trinajstić information content (AvgIpc) is 2.42. The Balaban J connectivity index is 2.21. The highest BCUT2D eigenvalue weighted by molar-refractivity contribution is 6.31. The Kier molecular flexibility index (Phi) is 4.73. The van der Waals surface area contributed by atoms with E-state index in [4.69, 9.17) is 11.6 Å². The van der Waals surface area contributed by atoms with Crippen molar-refractivity contribution in [3.63, 3.8) is 0 Å². The molecule has 0 saturated heterocycles. The molecule has 0 aliphatic carbocycles. The van der Waals surface area contributed by atoms with E-state index < -0.39 is 0 Å². The van der Waals surface area contributed by atoms with Crippen LogP contribution in [0.25, 0.3) is 11.1 Å². The molecule has 94 valence electrons. The number of aromatic nitrogens is 1. The molecular weight excluding hydrogens is 244 g/mol. The second kappa shape index (κ2) is 6.53. The van der Waals surface area contributed by atoms with Crippen molar-refractivity contribution in [3.8, 4) is 11.1 Å². The second-order valence-electron chi connectivity index (χ2n) is 4.22. The number of nitrogens with one attached hydrogen (secondary N) is 1. The van der Waals surface area contributed by atoms with E-state index in [1.54, 1.807) is 6.20 Å². The Morgan fingerprint density at radius 3 is 2.83 bits per heavy atom. The predicted octanol–water partition coefficient (Wildman–Crippen LogP) is 3.90. The quantitative estimate of drug-likeness (QED) is 0.825. The average molecular weight is 261 g/mol. The third-order valence-electron chi connectivity index (χ3n) is 2.78. The molecule has 0 unspecified atom stereocenters. The normalized spacial score (nSPS) is 10.6. The fourth-order valence-electron chi connectivity index (χ4n) is 1.82. The lowest BCUT2D eigenvalue weighted by molar-refractivity contribution is 0.676. The number of hydrogen-bond acceptors (Lipinski definition) is 2. The highest BCUT2D eigenvalue weighted by Gasteiger charge is 2.03. The van der Waals surface area contributed by atoms with Gasteiger partial charge in [-0.15, -0.1) is 0 Å². The lowest BCUT2D eigenvalue weighted by atomic mass is 10.0. The molecule has 3 heteroatoms. The van der Waals surface area contributed by atoms with Gasteiger partial charge in [-0.25, -0.2) is 0 Å². The van der Waals surface area contributed by atoms with Gasteiger partial charge in [-0.1, -0.05) is 30.7 Å². The molecule has 0 atom stereocenters. The summed E-state index contributed by atoms with van der Waals surface area (Å²) in [6.45, 7) is 3.97. The molecule has 0 fully saturated rings. The lowest BCUT2D eigenvalue weighted by Gasteiger charge is -2.08. The summed E-state index contributed by atoms with van der Waals surface area (Å²) in [7, 11) is 0. The molecule has 0 spiro atoms. The molecule has 18 heavy (non-hydrogen) atoms. The molecule has 0 radical (unpaired) electrons. The van der Waals surface area contributed by atoms with Crippen molar-refractivity contribution in [2.24, 2.45) is 0 Å². The van der Waals surface area contributed by atoms with Crippen LogP contribution in [0.5, 0.6) is 0 Å². The molecule has 0 amide bonds. The lowest BCUT2D eigenvalue weighted by Crippen LogP contribution is -2.14. The first-order valence-corrected chi connectivity index (χ1v) is 6.58. The van der Waals surface area contributed by atoms with Crippen LogP contribution >= 0.6 is 11.6 Å². The zero-order valence-electron chi connectivity index (χ0n) is 10.5. The summed E-state index contributed by atoms with van der Waals surface area (Å²) in [5, 5.41) is 4.18. The van der Waals surface area contributed by atoms with Crippen LogP contribution in [0.3, 0.4) is 0 Å². The highest BCUT2D eigenvalue weighted by Crippen LogP contribution is 2.24. The number of hydrogen-bond donors (Lipinski definition) is 1. The number of nitrogens with zero attached hydrogens (tertiary/aromatic N) is 1. The number of benzene rings is 1. The second-order valence-corrected chi connectivity index (χ2v) is 4.63. The minimum atomic E-state index is 0.806. The van der Waals surface area contributed by atoms with Gasteiger partial charge in [0.25, 0.3) is 0 Å². The van der Waals surface area contributed by atoms with Crippen molar-refractivity contribution in [1.82, 2.24) is 10.3 Å². The van der Waals surface area contributed by atoms with Crippen molar-refractivity contribution < 1.29 is 0 Å². The minimum absolute atomic E-state index is 0.806. The third-order valence-corrected chi connectivity index (χ3v) is 3.15. The molecule has 2 rings (SSSR count). The fourth-order valence-corrected chi connectivity index (χ4v) is 2.01. The molecule has 1 N–H and O–H groups in total. The molecule has 0 saturated carbocycles. The van der Waals surface area contributed by atoms with Crippen molar-refractivity contribution in [2.45, 2.75) is 19.9 Å². The number of pyridine rings is 1. The van der Waals surface area contributed by atoms with E-state index in [1.807, 2.05) is 24.4 Å². The Morgan fingerprint density at radius 1 is 1.22 bits per heavy atom. The van der Waals surface area contributed by atoms with Gasteiger partial charge in [0, 0.05) is 24.0 Å². The van der Waals surface area contributed by atoms with Crippen LogP contribution in [0.15, 0.2) is 42.7 Å². The summed E-state index contributed by atoms with van der Waals surface area (Å²) in [4.78, 5) is 4.14. The van der Waals surface area contributed by atoms with Crippen molar-refractivity contribution in [2.75, 3.05) is 6.54 Å². The van der Waals surface area contributed by atoms with Crippen LogP contribution in [0.1, 0.15) is 18.9 Å². The first-order chi connectivity index (χ1) is 8.81. The van der Waals surface area contributed by atoms with E-state index in [-0.39, 0.29) is 0 Å². The first-order valence-electron chi connectivity index (χ1n) is 6.21. The van der Waals surface area contributed by atoms with Gasteiger partial charge >= 0.3 is 0 Å². The van der Waals surface area contributed by atoms with Crippen molar-refractivity contribution in [1.29, 1.82) is 0 Å². The van der Waals surface area contributed by atoms with Gasteiger partial charge in [-0.2, -0.15) is 0 Å². The van der Waals surface area contributed by atoms with E-state index in [2.05, 4.69) is 29.4 Å². The summed E-state index contributed by atoms with van der Waals surface area (Å²) >= 11 is 6.21. The van der Waals surface area contributed by atoms with E-state index in [1.165, 1.54) is 0 Å². The third kappa shape index (κ3) is 3.31. The smallest absolute Gasteiger partial charge is 0.0451 e. The highest BCUT2D eigenvalue weighted by atomic mass is 35.5. The standard InChI is InChI=1S/C15H17ClN2/c1-2-7-17-11-14-9-12(5-6-15(14)16)13-4-3-8-18-10-13/h3-6,8-10,17H,2,7,11H2,1H3. The molecule has 1 heterocycles. The van der Waals surface area contributed by atoms with Gasteiger partial charge in [0.05, 0.1) is 0 Å². The molecule has 0 aliphatic rings. The monoisotopic (exact) mass is 260 g/mol. The molecule has 0 aliphatic heterocycles. The van der Waals surface area contributed by atoms with Crippen LogP contribution in [-0.2, 0) is 6.54 Å². The van der Waals surface area contributed by atoms with Crippen LogP contribution in [0, 0.1) is 0 Å². The zero-order chi connectivity index (χ0) is 12.8. The van der Waals surface area contributed by atoms with E-state index in [9.17, 15) is 0 Å². The van der Waals surface area contributed by atoms with Crippen LogP contribution < -0.4 is 5.32 Å². The topological polar surface area (TPSA) is 24.9 Å². The van der Waals surface area contributed by atoms with E-state index >= 15 is 0 Å². The van der Waals surface area contributed by atoms with Crippen molar-refractivity contribution in [3.05, 3.63) is 53.3 Å². The maximum Gasteiger partial charge on any atom is 0.0451 e. The Hall–Kier alpha value is -1.38. The van der Waals surface area contributed by atoms with Gasteiger partial charge < -0.3 is 5.32 Å². The Labute approximate surface area is 113 Å². The van der Waals surface area contributed by atoms with Crippen LogP contribution in [0.2, 0.25) is 5.02 Å². The summed E-state index contributed by atoms with van der Waals surface area (Å²) in [6.07, 6.45) is 4.77. The Morgan fingerprint density at radius 2 is 2.11 bits per heavy atom. The largest absolute Gasteiger partial charge is 0.313 e. The summed E-state index contributed by atoms with van der Waals surface area (Å²) < 4.78 is 0. The van der Waals surface area contributed by atoms with Crippen LogP contribution in [-0.4, -0.2) is 11.5 Å². The predicted molar refractivity (Wildman–Crippen MR) is 76.7 cm³/mol. The summed E-state index contributed by atoms with van der Waals surface area (Å²) in [5.41, 5.74) is 3.40. The maximum atomic E-state index is 6.21. The molecule has 2 aromatic rings. The van der Waals surface area contributed by atoms with Crippen molar-refractivity contribution >= 4 is 11.6 Å². The Bertz CT molecular complexity index is 497.